The maximum Gasteiger partial charge on any atom is 0.513 e. The predicted octanol–water partition coefficient (Wildman–Crippen LogP) is 4.70. The molecule has 0 aliphatic carbocycles. The summed E-state index contributed by atoms with van der Waals surface area (Å²) in [5, 5.41) is 2.91. The Morgan fingerprint density at radius 1 is 1.03 bits per heavy atom. The van der Waals surface area contributed by atoms with E-state index in [-0.39, 0.29) is 24.9 Å². The highest BCUT2D eigenvalue weighted by Crippen LogP contribution is 2.39. The van der Waals surface area contributed by atoms with Crippen molar-refractivity contribution in [3.05, 3.63) is 64.4 Å². The van der Waals surface area contributed by atoms with Crippen molar-refractivity contribution in [2.45, 2.75) is 40.2 Å². The van der Waals surface area contributed by atoms with E-state index in [2.05, 4.69) is 36.5 Å². The second-order valence-corrected chi connectivity index (χ2v) is 8.06. The minimum atomic E-state index is -0.984. The van der Waals surface area contributed by atoms with Crippen LogP contribution in [0.15, 0.2) is 42.2 Å². The number of ether oxygens (including phenoxy) is 3. The zero-order chi connectivity index (χ0) is 22.8. The molecule has 0 spiro atoms. The fraction of sp³-hybridized carbons (Fsp3) is 0.360. The van der Waals surface area contributed by atoms with E-state index in [0.717, 1.165) is 27.8 Å². The first kappa shape index (κ1) is 22.6. The standard InChI is InChI=1S/C25H29NO5/c1-7-30-24(28)31-22-21(23(27)26-25(22,5)14-29-6)20-16(3)12-19(13-17(20)4)18-10-8-15(2)9-11-18/h8-13H,7,14H2,1-6H3,(H,26,27). The van der Waals surface area contributed by atoms with E-state index in [9.17, 15) is 9.59 Å². The number of nitrogens with one attached hydrogen (secondary N) is 1. The van der Waals surface area contributed by atoms with E-state index >= 15 is 0 Å². The molecule has 3 rings (SSSR count). The molecule has 31 heavy (non-hydrogen) atoms. The summed E-state index contributed by atoms with van der Waals surface area (Å²) >= 11 is 0. The highest BCUT2D eigenvalue weighted by Gasteiger charge is 2.46. The van der Waals surface area contributed by atoms with Crippen LogP contribution in [0, 0.1) is 20.8 Å². The molecule has 0 saturated heterocycles. The second-order valence-electron chi connectivity index (χ2n) is 8.06. The van der Waals surface area contributed by atoms with Crippen molar-refractivity contribution < 1.29 is 23.8 Å². The van der Waals surface area contributed by atoms with Gasteiger partial charge in [0.1, 0.15) is 5.54 Å². The first-order chi connectivity index (χ1) is 14.7. The Kier molecular flexibility index (Phi) is 6.51. The molecule has 2 aromatic carbocycles. The highest BCUT2D eigenvalue weighted by atomic mass is 16.7. The number of aryl methyl sites for hydroxylation is 3. The zero-order valence-electron chi connectivity index (χ0n) is 18.9. The summed E-state index contributed by atoms with van der Waals surface area (Å²) in [6.45, 7) is 9.74. The molecular weight excluding hydrogens is 394 g/mol. The molecule has 0 radical (unpaired) electrons. The van der Waals surface area contributed by atoms with Crippen molar-refractivity contribution in [1.29, 1.82) is 0 Å². The maximum atomic E-state index is 13.1. The Hall–Kier alpha value is -3.12. The Morgan fingerprint density at radius 2 is 1.65 bits per heavy atom. The zero-order valence-corrected chi connectivity index (χ0v) is 18.9. The third kappa shape index (κ3) is 4.49. The van der Waals surface area contributed by atoms with Gasteiger partial charge in [-0.1, -0.05) is 42.0 Å². The van der Waals surface area contributed by atoms with Crippen LogP contribution in [-0.2, 0) is 19.0 Å². The van der Waals surface area contributed by atoms with Gasteiger partial charge in [-0.15, -0.1) is 0 Å². The van der Waals surface area contributed by atoms with Crippen LogP contribution in [0.1, 0.15) is 36.1 Å². The molecule has 1 N–H and O–H groups in total. The van der Waals surface area contributed by atoms with Crippen LogP contribution in [0.3, 0.4) is 0 Å². The molecule has 1 atom stereocenters. The van der Waals surface area contributed by atoms with Gasteiger partial charge in [0.2, 0.25) is 0 Å². The maximum absolute atomic E-state index is 13.1. The number of carbonyl (C=O) groups excluding carboxylic acids is 2. The first-order valence-electron chi connectivity index (χ1n) is 10.3. The summed E-state index contributed by atoms with van der Waals surface area (Å²) < 4.78 is 15.8. The summed E-state index contributed by atoms with van der Waals surface area (Å²) in [5.74, 6) is -0.0970. The van der Waals surface area contributed by atoms with Gasteiger partial charge in [-0.3, -0.25) is 4.79 Å². The molecule has 0 aromatic heterocycles. The largest absolute Gasteiger partial charge is 0.513 e. The molecule has 2 aromatic rings. The fourth-order valence-corrected chi connectivity index (χ4v) is 4.03. The second kappa shape index (κ2) is 8.94. The van der Waals surface area contributed by atoms with Gasteiger partial charge in [0.15, 0.2) is 5.76 Å². The number of hydrogen-bond acceptors (Lipinski definition) is 5. The molecule has 1 amide bonds. The topological polar surface area (TPSA) is 73.9 Å². The van der Waals surface area contributed by atoms with Gasteiger partial charge in [0.25, 0.3) is 5.91 Å². The van der Waals surface area contributed by atoms with E-state index in [0.29, 0.717) is 5.57 Å². The van der Waals surface area contributed by atoms with Crippen molar-refractivity contribution in [2.75, 3.05) is 20.3 Å². The van der Waals surface area contributed by atoms with Crippen LogP contribution >= 0.6 is 0 Å². The Morgan fingerprint density at radius 3 is 2.19 bits per heavy atom. The average molecular weight is 424 g/mol. The number of methoxy groups -OCH3 is 1. The third-order valence-corrected chi connectivity index (χ3v) is 5.39. The van der Waals surface area contributed by atoms with Gasteiger partial charge in [-0.05, 0) is 62.4 Å². The van der Waals surface area contributed by atoms with Crippen molar-refractivity contribution in [1.82, 2.24) is 5.32 Å². The smallest absolute Gasteiger partial charge is 0.434 e. The molecule has 6 heteroatoms. The minimum absolute atomic E-state index is 0.149. The molecule has 1 aliphatic heterocycles. The van der Waals surface area contributed by atoms with Gasteiger partial charge in [-0.2, -0.15) is 0 Å². The fourth-order valence-electron chi connectivity index (χ4n) is 4.03. The number of hydrogen-bond donors (Lipinski definition) is 1. The van der Waals surface area contributed by atoms with Crippen LogP contribution in [-0.4, -0.2) is 37.9 Å². The lowest BCUT2D eigenvalue weighted by Crippen LogP contribution is -2.46. The Balaban J connectivity index is 2.15. The molecule has 164 valence electrons. The van der Waals surface area contributed by atoms with E-state index < -0.39 is 11.7 Å². The third-order valence-electron chi connectivity index (χ3n) is 5.39. The number of amides is 1. The van der Waals surface area contributed by atoms with Crippen molar-refractivity contribution >= 4 is 17.6 Å². The minimum Gasteiger partial charge on any atom is -0.434 e. The predicted molar refractivity (Wildman–Crippen MR) is 120 cm³/mol. The SMILES string of the molecule is CCOC(=O)OC1=C(c2c(C)cc(-c3ccc(C)cc3)cc2C)C(=O)NC1(C)COC. The van der Waals surface area contributed by atoms with Gasteiger partial charge < -0.3 is 19.5 Å². The van der Waals surface area contributed by atoms with Crippen LogP contribution < -0.4 is 5.32 Å². The number of rotatable bonds is 6. The normalized spacial score (nSPS) is 18.2. The van der Waals surface area contributed by atoms with E-state index in [1.807, 2.05) is 26.0 Å². The molecule has 1 aliphatic rings. The monoisotopic (exact) mass is 423 g/mol. The summed E-state index contributed by atoms with van der Waals surface area (Å²) in [6.07, 6.45) is -0.847. The van der Waals surface area contributed by atoms with Gasteiger partial charge in [0, 0.05) is 7.11 Å². The van der Waals surface area contributed by atoms with Gasteiger partial charge in [-0.25, -0.2) is 4.79 Å². The molecular formula is C25H29NO5. The number of benzene rings is 2. The first-order valence-corrected chi connectivity index (χ1v) is 10.3. The molecule has 0 saturated carbocycles. The van der Waals surface area contributed by atoms with Crippen LogP contribution in [0.25, 0.3) is 16.7 Å². The average Bonchev–Trinajstić information content (AvgIpc) is 2.92. The molecule has 0 bridgehead atoms. The summed E-state index contributed by atoms with van der Waals surface area (Å²) in [4.78, 5) is 25.2. The molecule has 6 nitrogen and oxygen atoms in total. The van der Waals surface area contributed by atoms with Crippen molar-refractivity contribution in [3.63, 3.8) is 0 Å². The van der Waals surface area contributed by atoms with E-state index in [4.69, 9.17) is 14.2 Å². The van der Waals surface area contributed by atoms with Crippen LogP contribution in [0.2, 0.25) is 0 Å². The van der Waals surface area contributed by atoms with Gasteiger partial charge >= 0.3 is 6.16 Å². The Bertz CT molecular complexity index is 1020. The molecule has 1 unspecified atom stereocenters. The quantitative estimate of drug-likeness (QED) is 0.682. The summed E-state index contributed by atoms with van der Waals surface area (Å²) in [7, 11) is 1.53. The lowest BCUT2D eigenvalue weighted by atomic mass is 9.89. The van der Waals surface area contributed by atoms with E-state index in [1.54, 1.807) is 13.8 Å². The lowest BCUT2D eigenvalue weighted by molar-refractivity contribution is -0.116. The molecule has 0 fully saturated rings. The van der Waals surface area contributed by atoms with Crippen LogP contribution in [0.4, 0.5) is 4.79 Å². The lowest BCUT2D eigenvalue weighted by Gasteiger charge is -2.26. The summed E-state index contributed by atoms with van der Waals surface area (Å²) in [5.41, 5.74) is 5.26. The van der Waals surface area contributed by atoms with Gasteiger partial charge in [0.05, 0.1) is 18.8 Å². The molecule has 1 heterocycles. The summed E-state index contributed by atoms with van der Waals surface area (Å²) in [6, 6.07) is 12.4. The van der Waals surface area contributed by atoms with Crippen LogP contribution in [0.5, 0.6) is 0 Å². The van der Waals surface area contributed by atoms with Crippen molar-refractivity contribution in [2.24, 2.45) is 0 Å². The van der Waals surface area contributed by atoms with E-state index in [1.165, 1.54) is 12.7 Å². The Labute approximate surface area is 183 Å². The number of carbonyl (C=O) groups is 2. The highest BCUT2D eigenvalue weighted by molar-refractivity contribution is 6.24. The van der Waals surface area contributed by atoms with Crippen molar-refractivity contribution in [3.8, 4) is 11.1 Å².